The summed E-state index contributed by atoms with van der Waals surface area (Å²) in [5.41, 5.74) is 0.527. The molecular formula is C24H23F3N6O4. The third-order valence-corrected chi connectivity index (χ3v) is 6.14. The quantitative estimate of drug-likeness (QED) is 0.457. The molecule has 0 saturated carbocycles. The van der Waals surface area contributed by atoms with Crippen LogP contribution in [0.5, 0.6) is 6.01 Å². The topological polar surface area (TPSA) is 124 Å². The molecule has 4 heterocycles. The number of carbonyl (C=O) groups excluding carboxylic acids is 1. The number of nitrogens with zero attached hydrogens (tertiary/aromatic N) is 5. The Morgan fingerprint density at radius 3 is 2.84 bits per heavy atom. The van der Waals surface area contributed by atoms with E-state index in [2.05, 4.69) is 25.2 Å². The van der Waals surface area contributed by atoms with E-state index < -0.39 is 30.5 Å². The Balaban J connectivity index is 1.42. The fourth-order valence-electron chi connectivity index (χ4n) is 4.36. The molecule has 5 rings (SSSR count). The number of aromatic nitrogens is 3. The number of carbonyl (C=O) groups is 1. The van der Waals surface area contributed by atoms with Crippen LogP contribution >= 0.6 is 0 Å². The van der Waals surface area contributed by atoms with Crippen LogP contribution in [0.25, 0.3) is 11.3 Å². The summed E-state index contributed by atoms with van der Waals surface area (Å²) < 4.78 is 45.0. The maximum absolute atomic E-state index is 13.4. The number of anilines is 3. The number of urea groups is 1. The Kier molecular flexibility index (Phi) is 6.56. The summed E-state index contributed by atoms with van der Waals surface area (Å²) in [6, 6.07) is 8.99. The Morgan fingerprint density at radius 1 is 1.22 bits per heavy atom. The lowest BCUT2D eigenvalue weighted by molar-refractivity contribution is -0.137. The Morgan fingerprint density at radius 2 is 2.05 bits per heavy atom. The normalized spacial score (nSPS) is 17.4. The van der Waals surface area contributed by atoms with Gasteiger partial charge in [-0.25, -0.2) is 14.8 Å². The molecule has 1 saturated heterocycles. The van der Waals surface area contributed by atoms with Gasteiger partial charge in [-0.2, -0.15) is 18.2 Å². The second-order valence-electron chi connectivity index (χ2n) is 8.68. The van der Waals surface area contributed by atoms with Gasteiger partial charge in [0.25, 0.3) is 0 Å². The van der Waals surface area contributed by atoms with Gasteiger partial charge in [-0.1, -0.05) is 12.1 Å². The number of fused-ring (bicyclic) bond motifs is 4. The number of aliphatic hydroxyl groups excluding tert-OH is 2. The molecule has 1 unspecified atom stereocenters. The van der Waals surface area contributed by atoms with E-state index in [0.717, 1.165) is 12.1 Å². The van der Waals surface area contributed by atoms with E-state index in [9.17, 15) is 23.1 Å². The molecule has 3 N–H and O–H groups in total. The highest BCUT2D eigenvalue weighted by atomic mass is 19.4. The van der Waals surface area contributed by atoms with Gasteiger partial charge in [0.05, 0.1) is 29.6 Å². The van der Waals surface area contributed by atoms with Gasteiger partial charge >= 0.3 is 18.2 Å². The summed E-state index contributed by atoms with van der Waals surface area (Å²) in [5.74, 6) is 0.488. The zero-order valence-electron chi connectivity index (χ0n) is 19.4. The zero-order chi connectivity index (χ0) is 26.2. The maximum Gasteiger partial charge on any atom is 0.416 e. The molecule has 1 aromatic carbocycles. The van der Waals surface area contributed by atoms with Crippen molar-refractivity contribution in [1.82, 2.24) is 15.0 Å². The summed E-state index contributed by atoms with van der Waals surface area (Å²) in [5, 5.41) is 21.1. The minimum absolute atomic E-state index is 0.0960. The molecule has 2 amide bonds. The van der Waals surface area contributed by atoms with Crippen molar-refractivity contribution >= 4 is 23.4 Å². The van der Waals surface area contributed by atoms with Crippen LogP contribution in [0.3, 0.4) is 0 Å². The number of alkyl halides is 3. The molecule has 13 heteroatoms. The molecule has 2 aliphatic heterocycles. The first-order chi connectivity index (χ1) is 17.7. The molecule has 2 aliphatic rings. The van der Waals surface area contributed by atoms with E-state index in [-0.39, 0.29) is 30.0 Å². The molecule has 2 atom stereocenters. The Bertz CT molecular complexity index is 1310. The van der Waals surface area contributed by atoms with Gasteiger partial charge in [-0.05, 0) is 36.8 Å². The van der Waals surface area contributed by atoms with Crippen LogP contribution in [-0.2, 0) is 6.18 Å². The van der Waals surface area contributed by atoms with E-state index in [0.29, 0.717) is 36.7 Å². The first kappa shape index (κ1) is 24.7. The highest BCUT2D eigenvalue weighted by Crippen LogP contribution is 2.41. The lowest BCUT2D eigenvalue weighted by atomic mass is 10.1. The average molecular weight is 516 g/mol. The van der Waals surface area contributed by atoms with Gasteiger partial charge in [0.2, 0.25) is 0 Å². The van der Waals surface area contributed by atoms with Crippen LogP contribution in [0.2, 0.25) is 0 Å². The largest absolute Gasteiger partial charge is 0.461 e. The van der Waals surface area contributed by atoms with Crippen LogP contribution in [0.4, 0.5) is 35.3 Å². The maximum atomic E-state index is 13.4. The van der Waals surface area contributed by atoms with Crippen molar-refractivity contribution in [3.8, 4) is 17.3 Å². The van der Waals surface area contributed by atoms with Crippen molar-refractivity contribution in [2.45, 2.75) is 24.7 Å². The third-order valence-electron chi connectivity index (χ3n) is 6.14. The highest BCUT2D eigenvalue weighted by Gasteiger charge is 2.40. The van der Waals surface area contributed by atoms with Crippen molar-refractivity contribution in [3.05, 3.63) is 54.2 Å². The molecule has 0 radical (unpaired) electrons. The van der Waals surface area contributed by atoms with Gasteiger partial charge in [-0.15, -0.1) is 0 Å². The van der Waals surface area contributed by atoms with Gasteiger partial charge in [-0.3, -0.25) is 10.2 Å². The van der Waals surface area contributed by atoms with Crippen molar-refractivity contribution in [3.63, 3.8) is 0 Å². The fourth-order valence-corrected chi connectivity index (χ4v) is 4.36. The average Bonchev–Trinajstić information content (AvgIpc) is 3.31. The number of halogens is 3. The van der Waals surface area contributed by atoms with E-state index in [1.807, 2.05) is 0 Å². The third kappa shape index (κ3) is 5.13. The summed E-state index contributed by atoms with van der Waals surface area (Å²) in [4.78, 5) is 29.6. The molecule has 37 heavy (non-hydrogen) atoms. The smallest absolute Gasteiger partial charge is 0.416 e. The van der Waals surface area contributed by atoms with E-state index >= 15 is 0 Å². The molecule has 3 aromatic rings. The minimum Gasteiger partial charge on any atom is -0.461 e. The zero-order valence-corrected chi connectivity index (χ0v) is 19.4. The van der Waals surface area contributed by atoms with E-state index in [4.69, 9.17) is 9.84 Å². The lowest BCUT2D eigenvalue weighted by Gasteiger charge is -2.35. The molecule has 0 aliphatic carbocycles. The summed E-state index contributed by atoms with van der Waals surface area (Å²) in [7, 11) is 0. The predicted octanol–water partition coefficient (Wildman–Crippen LogP) is 2.92. The predicted molar refractivity (Wildman–Crippen MR) is 127 cm³/mol. The van der Waals surface area contributed by atoms with Crippen molar-refractivity contribution in [2.24, 2.45) is 0 Å². The number of aliphatic hydroxyl groups is 2. The summed E-state index contributed by atoms with van der Waals surface area (Å²) >= 11 is 0. The molecular weight excluding hydrogens is 493 g/mol. The molecule has 0 spiro atoms. The fraction of sp³-hybridized carbons (Fsp3) is 0.333. The van der Waals surface area contributed by atoms with Gasteiger partial charge in [0, 0.05) is 24.8 Å². The number of ether oxygens (including phenoxy) is 1. The van der Waals surface area contributed by atoms with Crippen LogP contribution in [0.1, 0.15) is 12.0 Å². The monoisotopic (exact) mass is 516 g/mol. The van der Waals surface area contributed by atoms with Crippen LogP contribution < -0.4 is 19.9 Å². The summed E-state index contributed by atoms with van der Waals surface area (Å²) in [6.07, 6.45) is -3.53. The standard InChI is InChI=1S/C24H23F3N6O4/c25-24(26,27)15-3-1-2-14(10-15)18-4-5-19-21(29-18)33(16-7-9-32(19)11-16)23(36)31-20-6-8-28-22(30-20)37-13-17(35)12-34/h1-6,8,10,16-17,34-35H,7,9,11-13H2,(H,28,30,31,36)/t16-,17?/m0/s1. The molecule has 1 fully saturated rings. The number of hydrogen-bond acceptors (Lipinski definition) is 8. The van der Waals surface area contributed by atoms with Crippen LogP contribution in [0, 0.1) is 0 Å². The number of hydrogen-bond donors (Lipinski definition) is 3. The number of rotatable bonds is 6. The Hall–Kier alpha value is -3.97. The number of pyridine rings is 1. The highest BCUT2D eigenvalue weighted by molar-refractivity contribution is 6.04. The molecule has 2 aromatic heterocycles. The van der Waals surface area contributed by atoms with Crippen LogP contribution in [-0.4, -0.2) is 69.6 Å². The molecule has 194 valence electrons. The number of amides is 2. The van der Waals surface area contributed by atoms with E-state index in [1.54, 1.807) is 18.2 Å². The first-order valence-corrected chi connectivity index (χ1v) is 11.5. The van der Waals surface area contributed by atoms with Gasteiger partial charge in [0.1, 0.15) is 18.5 Å². The number of benzene rings is 1. The Labute approximate surface area is 209 Å². The second kappa shape index (κ2) is 9.82. The molecule has 10 nitrogen and oxygen atoms in total. The van der Waals surface area contributed by atoms with Gasteiger partial charge in [0.15, 0.2) is 5.82 Å². The number of nitrogens with one attached hydrogen (secondary N) is 1. The van der Waals surface area contributed by atoms with E-state index in [1.165, 1.54) is 23.2 Å². The minimum atomic E-state index is -4.49. The van der Waals surface area contributed by atoms with Crippen molar-refractivity contribution < 1.29 is 32.9 Å². The SMILES string of the molecule is O=C(Nc1ccnc(OCC(O)CO)n1)N1c2nc(-c3cccc(C(F)(F)F)c3)ccc2N2CC[C@H]1C2. The van der Waals surface area contributed by atoms with Crippen molar-refractivity contribution in [1.29, 1.82) is 0 Å². The lowest BCUT2D eigenvalue weighted by Crippen LogP contribution is -2.48. The van der Waals surface area contributed by atoms with Crippen LogP contribution in [0.15, 0.2) is 48.7 Å². The first-order valence-electron chi connectivity index (χ1n) is 11.5. The molecule has 2 bridgehead atoms. The summed E-state index contributed by atoms with van der Waals surface area (Å²) in [6.45, 7) is 0.596. The van der Waals surface area contributed by atoms with Gasteiger partial charge < -0.3 is 19.8 Å². The second-order valence-corrected chi connectivity index (χ2v) is 8.68. The van der Waals surface area contributed by atoms with Crippen molar-refractivity contribution in [2.75, 3.05) is 41.4 Å².